The van der Waals surface area contributed by atoms with Gasteiger partial charge in [0.15, 0.2) is 0 Å². The molecule has 4 rings (SSSR count). The fraction of sp³-hybridized carbons (Fsp3) is 0.176. The molecule has 0 spiro atoms. The third kappa shape index (κ3) is 1.91. The molecular weight excluding hydrogens is 266 g/mol. The van der Waals surface area contributed by atoms with E-state index in [9.17, 15) is 9.59 Å². The minimum absolute atomic E-state index is 0.200. The summed E-state index contributed by atoms with van der Waals surface area (Å²) in [5.41, 5.74) is 1.63. The van der Waals surface area contributed by atoms with Crippen LogP contribution in [0.2, 0.25) is 0 Å². The Morgan fingerprint density at radius 1 is 1.10 bits per heavy atom. The van der Waals surface area contributed by atoms with Crippen LogP contribution in [0.5, 0.6) is 0 Å². The number of rotatable bonds is 1. The van der Waals surface area contributed by atoms with E-state index in [1.165, 1.54) is 0 Å². The molecule has 0 radical (unpaired) electrons. The SMILES string of the molecule is O=C1CC[C@H](c2coc3cc4ccccc4cc23)C(=O)N1. The van der Waals surface area contributed by atoms with Gasteiger partial charge >= 0.3 is 0 Å². The van der Waals surface area contributed by atoms with E-state index in [2.05, 4.69) is 5.32 Å². The predicted octanol–water partition coefficient (Wildman–Crippen LogP) is 3.11. The van der Waals surface area contributed by atoms with Crippen LogP contribution in [0.1, 0.15) is 24.3 Å². The van der Waals surface area contributed by atoms with E-state index in [-0.39, 0.29) is 17.7 Å². The topological polar surface area (TPSA) is 59.3 Å². The average molecular weight is 279 g/mol. The highest BCUT2D eigenvalue weighted by molar-refractivity contribution is 6.04. The Hall–Kier alpha value is -2.62. The van der Waals surface area contributed by atoms with Gasteiger partial charge in [0.05, 0.1) is 12.2 Å². The minimum atomic E-state index is -0.315. The lowest BCUT2D eigenvalue weighted by atomic mass is 9.90. The van der Waals surface area contributed by atoms with Crippen molar-refractivity contribution in [3.05, 3.63) is 48.2 Å². The molecule has 4 heteroatoms. The summed E-state index contributed by atoms with van der Waals surface area (Å²) >= 11 is 0. The molecule has 2 heterocycles. The lowest BCUT2D eigenvalue weighted by molar-refractivity contribution is -0.134. The molecular formula is C17H13NO3. The van der Waals surface area contributed by atoms with Gasteiger partial charge in [0, 0.05) is 17.4 Å². The number of carbonyl (C=O) groups excluding carboxylic acids is 2. The summed E-state index contributed by atoms with van der Waals surface area (Å²) in [4.78, 5) is 23.3. The lowest BCUT2D eigenvalue weighted by Gasteiger charge is -2.19. The fourth-order valence-corrected chi connectivity index (χ4v) is 2.99. The van der Waals surface area contributed by atoms with E-state index in [0.717, 1.165) is 27.3 Å². The van der Waals surface area contributed by atoms with Gasteiger partial charge in [-0.05, 0) is 29.3 Å². The van der Waals surface area contributed by atoms with Crippen molar-refractivity contribution >= 4 is 33.6 Å². The molecule has 1 fully saturated rings. The van der Waals surface area contributed by atoms with Crippen LogP contribution in [0.3, 0.4) is 0 Å². The van der Waals surface area contributed by atoms with Gasteiger partial charge in [0.25, 0.3) is 0 Å². The van der Waals surface area contributed by atoms with Crippen molar-refractivity contribution in [2.75, 3.05) is 0 Å². The molecule has 0 aliphatic carbocycles. The highest BCUT2D eigenvalue weighted by Crippen LogP contribution is 2.34. The molecule has 0 bridgehead atoms. The zero-order chi connectivity index (χ0) is 14.4. The smallest absolute Gasteiger partial charge is 0.234 e. The number of piperidine rings is 1. The van der Waals surface area contributed by atoms with Gasteiger partial charge in [-0.2, -0.15) is 0 Å². The van der Waals surface area contributed by atoms with E-state index < -0.39 is 0 Å². The Balaban J connectivity index is 1.87. The van der Waals surface area contributed by atoms with Gasteiger partial charge in [-0.1, -0.05) is 24.3 Å². The molecule has 2 aromatic carbocycles. The summed E-state index contributed by atoms with van der Waals surface area (Å²) in [5, 5.41) is 5.56. The molecule has 1 aromatic heterocycles. The summed E-state index contributed by atoms with van der Waals surface area (Å²) in [5.74, 6) is -0.748. The maximum absolute atomic E-state index is 12.0. The van der Waals surface area contributed by atoms with Crippen LogP contribution in [0.15, 0.2) is 47.1 Å². The Labute approximate surface area is 120 Å². The Morgan fingerprint density at radius 2 is 1.86 bits per heavy atom. The molecule has 1 aliphatic heterocycles. The van der Waals surface area contributed by atoms with E-state index in [1.807, 2.05) is 36.4 Å². The first-order valence-corrected chi connectivity index (χ1v) is 6.96. The van der Waals surface area contributed by atoms with Crippen molar-refractivity contribution in [2.24, 2.45) is 0 Å². The number of hydrogen-bond acceptors (Lipinski definition) is 3. The van der Waals surface area contributed by atoms with Crippen molar-refractivity contribution < 1.29 is 14.0 Å². The molecule has 0 unspecified atom stereocenters. The highest BCUT2D eigenvalue weighted by atomic mass is 16.3. The van der Waals surface area contributed by atoms with Gasteiger partial charge in [-0.15, -0.1) is 0 Å². The number of amides is 2. The summed E-state index contributed by atoms with van der Waals surface area (Å²) in [6, 6.07) is 12.1. The second-order valence-corrected chi connectivity index (χ2v) is 5.39. The number of hydrogen-bond donors (Lipinski definition) is 1. The normalized spacial score (nSPS) is 19.1. The van der Waals surface area contributed by atoms with Crippen molar-refractivity contribution in [3.8, 4) is 0 Å². The molecule has 4 nitrogen and oxygen atoms in total. The third-order valence-electron chi connectivity index (χ3n) is 4.09. The number of furan rings is 1. The number of nitrogens with one attached hydrogen (secondary N) is 1. The van der Waals surface area contributed by atoms with Crippen molar-refractivity contribution in [1.82, 2.24) is 5.32 Å². The zero-order valence-electron chi connectivity index (χ0n) is 11.3. The van der Waals surface area contributed by atoms with Crippen LogP contribution >= 0.6 is 0 Å². The monoisotopic (exact) mass is 279 g/mol. The molecule has 2 amide bonds. The second-order valence-electron chi connectivity index (χ2n) is 5.39. The van der Waals surface area contributed by atoms with Crippen molar-refractivity contribution in [1.29, 1.82) is 0 Å². The van der Waals surface area contributed by atoms with Crippen LogP contribution in [-0.2, 0) is 9.59 Å². The number of imide groups is 1. The van der Waals surface area contributed by atoms with Crippen LogP contribution in [0, 0.1) is 0 Å². The lowest BCUT2D eigenvalue weighted by Crippen LogP contribution is -2.39. The molecule has 1 atom stereocenters. The Morgan fingerprint density at radius 3 is 2.62 bits per heavy atom. The maximum Gasteiger partial charge on any atom is 0.234 e. The molecule has 0 saturated carbocycles. The number of benzene rings is 2. The van der Waals surface area contributed by atoms with E-state index in [1.54, 1.807) is 6.26 Å². The van der Waals surface area contributed by atoms with E-state index in [4.69, 9.17) is 4.42 Å². The standard InChI is InChI=1S/C17H13NO3/c19-16-6-5-12(17(20)18-16)14-9-21-15-8-11-4-2-1-3-10(11)7-13(14)15/h1-4,7-9,12H,5-6H2,(H,18,19,20)/t12-/m1/s1. The van der Waals surface area contributed by atoms with E-state index in [0.29, 0.717) is 12.8 Å². The van der Waals surface area contributed by atoms with E-state index >= 15 is 0 Å². The van der Waals surface area contributed by atoms with Crippen molar-refractivity contribution in [3.63, 3.8) is 0 Å². The summed E-state index contributed by atoms with van der Waals surface area (Å²) in [6.45, 7) is 0. The first kappa shape index (κ1) is 12.1. The molecule has 104 valence electrons. The van der Waals surface area contributed by atoms with Crippen LogP contribution in [-0.4, -0.2) is 11.8 Å². The number of carbonyl (C=O) groups is 2. The number of fused-ring (bicyclic) bond motifs is 2. The maximum atomic E-state index is 12.0. The molecule has 1 N–H and O–H groups in total. The first-order chi connectivity index (χ1) is 10.2. The van der Waals surface area contributed by atoms with Gasteiger partial charge in [0.2, 0.25) is 11.8 Å². The largest absolute Gasteiger partial charge is 0.464 e. The van der Waals surface area contributed by atoms with Crippen LogP contribution < -0.4 is 5.32 Å². The Bertz CT molecular complexity index is 878. The Kier molecular flexibility index (Phi) is 2.57. The molecule has 1 aliphatic rings. The molecule has 21 heavy (non-hydrogen) atoms. The minimum Gasteiger partial charge on any atom is -0.464 e. The molecule has 1 saturated heterocycles. The fourth-order valence-electron chi connectivity index (χ4n) is 2.99. The quantitative estimate of drug-likeness (QED) is 0.696. The summed E-state index contributed by atoms with van der Waals surface area (Å²) in [6.07, 6.45) is 2.55. The first-order valence-electron chi connectivity index (χ1n) is 6.96. The predicted molar refractivity (Wildman–Crippen MR) is 78.8 cm³/mol. The van der Waals surface area contributed by atoms with Gasteiger partial charge in [-0.3, -0.25) is 14.9 Å². The average Bonchev–Trinajstić information content (AvgIpc) is 2.88. The summed E-state index contributed by atoms with van der Waals surface area (Å²) in [7, 11) is 0. The second kappa shape index (κ2) is 4.45. The van der Waals surface area contributed by atoms with Gasteiger partial charge in [-0.25, -0.2) is 0 Å². The van der Waals surface area contributed by atoms with Gasteiger partial charge < -0.3 is 4.42 Å². The van der Waals surface area contributed by atoms with Crippen molar-refractivity contribution in [2.45, 2.75) is 18.8 Å². The molecule has 3 aromatic rings. The van der Waals surface area contributed by atoms with Crippen LogP contribution in [0.4, 0.5) is 0 Å². The third-order valence-corrected chi connectivity index (χ3v) is 4.09. The van der Waals surface area contributed by atoms with Crippen LogP contribution in [0.25, 0.3) is 21.7 Å². The highest BCUT2D eigenvalue weighted by Gasteiger charge is 2.30. The summed E-state index contributed by atoms with van der Waals surface area (Å²) < 4.78 is 5.62. The zero-order valence-corrected chi connectivity index (χ0v) is 11.3. The van der Waals surface area contributed by atoms with Gasteiger partial charge in [0.1, 0.15) is 5.58 Å².